The van der Waals surface area contributed by atoms with E-state index < -0.39 is 0 Å². The third-order valence-electron chi connectivity index (χ3n) is 2.96. The molecule has 2 rings (SSSR count). The first kappa shape index (κ1) is 15.3. The largest absolute Gasteiger partial charge is 0.381 e. The Labute approximate surface area is 128 Å². The van der Waals surface area contributed by atoms with Crippen LogP contribution in [0.1, 0.15) is 20.3 Å². The number of halogens is 1. The van der Waals surface area contributed by atoms with Crippen molar-refractivity contribution in [3.63, 3.8) is 0 Å². The van der Waals surface area contributed by atoms with Gasteiger partial charge < -0.3 is 10.1 Å². The van der Waals surface area contributed by atoms with Crippen LogP contribution < -0.4 is 5.32 Å². The number of pyridine rings is 1. The lowest BCUT2D eigenvalue weighted by Gasteiger charge is -2.10. The fourth-order valence-corrected chi connectivity index (χ4v) is 2.51. The Morgan fingerprint density at radius 1 is 1.25 bits per heavy atom. The number of hydrogen-bond donors (Lipinski definition) is 1. The molecule has 0 saturated heterocycles. The summed E-state index contributed by atoms with van der Waals surface area (Å²) < 4.78 is 6.67. The van der Waals surface area contributed by atoms with Crippen molar-refractivity contribution in [2.75, 3.05) is 25.1 Å². The van der Waals surface area contributed by atoms with Crippen LogP contribution in [0.3, 0.4) is 0 Å². The second-order valence-electron chi connectivity index (χ2n) is 5.24. The molecule has 0 saturated carbocycles. The van der Waals surface area contributed by atoms with Gasteiger partial charge in [-0.1, -0.05) is 41.9 Å². The van der Waals surface area contributed by atoms with E-state index in [0.29, 0.717) is 5.92 Å². The predicted octanol–water partition coefficient (Wildman–Crippen LogP) is 4.47. The highest BCUT2D eigenvalue weighted by atomic mass is 79.9. The molecule has 0 aliphatic heterocycles. The Morgan fingerprint density at radius 3 is 2.90 bits per heavy atom. The lowest BCUT2D eigenvalue weighted by molar-refractivity contribution is 0.110. The van der Waals surface area contributed by atoms with E-state index in [4.69, 9.17) is 4.74 Å². The maximum Gasteiger partial charge on any atom is 0.133 e. The average molecular weight is 337 g/mol. The number of ether oxygens (including phenoxy) is 1. The Balaban J connectivity index is 1.89. The van der Waals surface area contributed by atoms with Crippen molar-refractivity contribution in [3.8, 4) is 0 Å². The Kier molecular flexibility index (Phi) is 5.80. The predicted molar refractivity (Wildman–Crippen MR) is 88.2 cm³/mol. The van der Waals surface area contributed by atoms with Crippen LogP contribution >= 0.6 is 15.9 Å². The zero-order valence-electron chi connectivity index (χ0n) is 12.0. The molecule has 0 aliphatic carbocycles. The number of hydrogen-bond acceptors (Lipinski definition) is 3. The monoisotopic (exact) mass is 336 g/mol. The zero-order valence-corrected chi connectivity index (χ0v) is 13.6. The van der Waals surface area contributed by atoms with Crippen LogP contribution in [0.2, 0.25) is 0 Å². The molecular formula is C16H21BrN2O. The first-order valence-corrected chi connectivity index (χ1v) is 7.82. The van der Waals surface area contributed by atoms with Gasteiger partial charge in [0.05, 0.1) is 0 Å². The van der Waals surface area contributed by atoms with Crippen molar-refractivity contribution in [3.05, 3.63) is 34.9 Å². The lowest BCUT2D eigenvalue weighted by atomic mass is 10.1. The summed E-state index contributed by atoms with van der Waals surface area (Å²) in [5.41, 5.74) is 0. The van der Waals surface area contributed by atoms with Gasteiger partial charge in [-0.3, -0.25) is 0 Å². The first-order valence-electron chi connectivity index (χ1n) is 7.03. The van der Waals surface area contributed by atoms with Crippen molar-refractivity contribution in [1.29, 1.82) is 0 Å². The van der Waals surface area contributed by atoms with Crippen LogP contribution in [0.15, 0.2) is 34.9 Å². The van der Waals surface area contributed by atoms with E-state index >= 15 is 0 Å². The highest BCUT2D eigenvalue weighted by molar-refractivity contribution is 9.10. The molecule has 4 heteroatoms. The topological polar surface area (TPSA) is 34.1 Å². The summed E-state index contributed by atoms with van der Waals surface area (Å²) in [5, 5.41) is 5.72. The Hall–Kier alpha value is -1.13. The molecule has 0 atom stereocenters. The molecule has 1 heterocycles. The molecular weight excluding hydrogens is 316 g/mol. The summed E-state index contributed by atoms with van der Waals surface area (Å²) in [5.74, 6) is 1.53. The summed E-state index contributed by atoms with van der Waals surface area (Å²) >= 11 is 3.57. The lowest BCUT2D eigenvalue weighted by Crippen LogP contribution is -2.09. The first-order chi connectivity index (χ1) is 9.68. The number of benzene rings is 1. The molecule has 0 fully saturated rings. The smallest absolute Gasteiger partial charge is 0.133 e. The number of rotatable bonds is 7. The highest BCUT2D eigenvalue weighted by Crippen LogP contribution is 2.27. The van der Waals surface area contributed by atoms with Crippen molar-refractivity contribution in [2.24, 2.45) is 5.92 Å². The van der Waals surface area contributed by atoms with Gasteiger partial charge in [-0.25, -0.2) is 4.98 Å². The zero-order chi connectivity index (χ0) is 14.4. The summed E-state index contributed by atoms with van der Waals surface area (Å²) in [6.07, 6.45) is 2.82. The summed E-state index contributed by atoms with van der Waals surface area (Å²) in [6.45, 7) is 6.82. The summed E-state index contributed by atoms with van der Waals surface area (Å²) in [4.78, 5) is 4.42. The molecule has 3 nitrogen and oxygen atoms in total. The Morgan fingerprint density at radius 2 is 2.10 bits per heavy atom. The number of nitrogens with zero attached hydrogens (tertiary/aromatic N) is 1. The minimum Gasteiger partial charge on any atom is -0.381 e. The van der Waals surface area contributed by atoms with E-state index in [1.807, 2.05) is 24.4 Å². The van der Waals surface area contributed by atoms with E-state index in [1.165, 1.54) is 5.39 Å². The van der Waals surface area contributed by atoms with Gasteiger partial charge in [0.15, 0.2) is 0 Å². The molecule has 1 N–H and O–H groups in total. The summed E-state index contributed by atoms with van der Waals surface area (Å²) in [6, 6.07) is 8.19. The van der Waals surface area contributed by atoms with Crippen molar-refractivity contribution in [1.82, 2.24) is 4.98 Å². The van der Waals surface area contributed by atoms with E-state index in [1.54, 1.807) is 0 Å². The molecule has 108 valence electrons. The molecule has 0 unspecified atom stereocenters. The molecule has 0 amide bonds. The molecule has 1 aromatic carbocycles. The van der Waals surface area contributed by atoms with Gasteiger partial charge in [-0.15, -0.1) is 0 Å². The van der Waals surface area contributed by atoms with Gasteiger partial charge in [0.1, 0.15) is 5.82 Å². The van der Waals surface area contributed by atoms with Crippen molar-refractivity contribution in [2.45, 2.75) is 20.3 Å². The number of anilines is 1. The fraction of sp³-hybridized carbons (Fsp3) is 0.438. The van der Waals surface area contributed by atoms with Crippen LogP contribution in [0, 0.1) is 5.92 Å². The van der Waals surface area contributed by atoms with Gasteiger partial charge in [-0.05, 0) is 24.5 Å². The third-order valence-corrected chi connectivity index (χ3v) is 3.65. The van der Waals surface area contributed by atoms with E-state index in [-0.39, 0.29) is 0 Å². The van der Waals surface area contributed by atoms with Crippen LogP contribution in [0.25, 0.3) is 10.8 Å². The van der Waals surface area contributed by atoms with Crippen LogP contribution in [-0.2, 0) is 4.74 Å². The van der Waals surface area contributed by atoms with Gasteiger partial charge in [0.2, 0.25) is 0 Å². The van der Waals surface area contributed by atoms with Crippen LogP contribution in [-0.4, -0.2) is 24.7 Å². The average Bonchev–Trinajstić information content (AvgIpc) is 2.43. The number of nitrogens with one attached hydrogen (secondary N) is 1. The molecule has 0 radical (unpaired) electrons. The number of fused-ring (bicyclic) bond motifs is 1. The normalized spacial score (nSPS) is 11.2. The second-order valence-corrected chi connectivity index (χ2v) is 6.10. The van der Waals surface area contributed by atoms with E-state index in [2.05, 4.69) is 46.1 Å². The molecule has 2 aromatic rings. The minimum atomic E-state index is 0.597. The SMILES string of the molecule is CC(C)COCCCNc1nccc2c(Br)cccc12. The third kappa shape index (κ3) is 4.18. The highest BCUT2D eigenvalue weighted by Gasteiger charge is 2.03. The maximum absolute atomic E-state index is 5.57. The fourth-order valence-electron chi connectivity index (χ4n) is 2.01. The second kappa shape index (κ2) is 7.60. The van der Waals surface area contributed by atoms with Crippen LogP contribution in [0.4, 0.5) is 5.82 Å². The molecule has 1 aromatic heterocycles. The van der Waals surface area contributed by atoms with E-state index in [0.717, 1.165) is 41.9 Å². The molecule has 20 heavy (non-hydrogen) atoms. The van der Waals surface area contributed by atoms with Gasteiger partial charge in [0.25, 0.3) is 0 Å². The summed E-state index contributed by atoms with van der Waals surface area (Å²) in [7, 11) is 0. The number of aromatic nitrogens is 1. The quantitative estimate of drug-likeness (QED) is 0.757. The molecule has 0 spiro atoms. The molecule has 0 bridgehead atoms. The van der Waals surface area contributed by atoms with Crippen LogP contribution in [0.5, 0.6) is 0 Å². The standard InChI is InChI=1S/C16H21BrN2O/c1-12(2)11-20-10-4-8-18-16-14-5-3-6-15(17)13(14)7-9-19-16/h3,5-7,9,12H,4,8,10-11H2,1-2H3,(H,18,19). The van der Waals surface area contributed by atoms with Crippen molar-refractivity contribution < 1.29 is 4.74 Å². The van der Waals surface area contributed by atoms with Gasteiger partial charge >= 0.3 is 0 Å². The van der Waals surface area contributed by atoms with Crippen molar-refractivity contribution >= 4 is 32.5 Å². The Bertz CT molecular complexity index is 557. The molecule has 0 aliphatic rings. The van der Waals surface area contributed by atoms with E-state index in [9.17, 15) is 0 Å². The minimum absolute atomic E-state index is 0.597. The maximum atomic E-state index is 5.57. The van der Waals surface area contributed by atoms with Gasteiger partial charge in [0, 0.05) is 41.2 Å². The van der Waals surface area contributed by atoms with Gasteiger partial charge in [-0.2, -0.15) is 0 Å².